The summed E-state index contributed by atoms with van der Waals surface area (Å²) in [6.45, 7) is -0.516. The summed E-state index contributed by atoms with van der Waals surface area (Å²) < 4.78 is 4.55. The second-order valence-electron chi connectivity index (χ2n) is 4.06. The molecule has 7 heteroatoms. The minimum atomic E-state index is -0.906. The zero-order chi connectivity index (χ0) is 12.8. The lowest BCUT2D eigenvalue weighted by Gasteiger charge is -2.21. The van der Waals surface area contributed by atoms with Crippen LogP contribution in [-0.4, -0.2) is 36.5 Å². The molecule has 0 bridgehead atoms. The number of amides is 1. The smallest absolute Gasteiger partial charge is 0.317 e. The van der Waals surface area contributed by atoms with Crippen molar-refractivity contribution in [1.29, 1.82) is 0 Å². The van der Waals surface area contributed by atoms with E-state index in [9.17, 15) is 19.7 Å². The van der Waals surface area contributed by atoms with Crippen molar-refractivity contribution in [1.82, 2.24) is 5.32 Å². The first-order valence-corrected chi connectivity index (χ1v) is 5.53. The van der Waals surface area contributed by atoms with Gasteiger partial charge in [0.1, 0.15) is 5.92 Å². The van der Waals surface area contributed by atoms with Crippen LogP contribution in [0, 0.1) is 16.0 Å². The third kappa shape index (κ3) is 4.01. The highest BCUT2D eigenvalue weighted by Crippen LogP contribution is 2.17. The summed E-state index contributed by atoms with van der Waals surface area (Å²) in [4.78, 5) is 32.8. The Labute approximate surface area is 98.7 Å². The van der Waals surface area contributed by atoms with Gasteiger partial charge in [-0.25, -0.2) is 0 Å². The van der Waals surface area contributed by atoms with Crippen molar-refractivity contribution in [3.63, 3.8) is 0 Å². The molecule has 17 heavy (non-hydrogen) atoms. The van der Waals surface area contributed by atoms with Gasteiger partial charge < -0.3 is 10.1 Å². The summed E-state index contributed by atoms with van der Waals surface area (Å²) in [6.07, 6.45) is 2.49. The van der Waals surface area contributed by atoms with E-state index in [1.165, 1.54) is 7.11 Å². The molecule has 1 aliphatic rings. The van der Waals surface area contributed by atoms with Crippen molar-refractivity contribution in [2.75, 3.05) is 13.7 Å². The fourth-order valence-corrected chi connectivity index (χ4v) is 1.98. The molecule has 1 saturated heterocycles. The number of methoxy groups -OCH3 is 1. The predicted octanol–water partition coefficient (Wildman–Crippen LogP) is 0.111. The van der Waals surface area contributed by atoms with E-state index in [2.05, 4.69) is 10.1 Å². The van der Waals surface area contributed by atoms with Gasteiger partial charge in [-0.2, -0.15) is 0 Å². The highest BCUT2D eigenvalue weighted by molar-refractivity contribution is 5.79. The number of nitrogens with zero attached hydrogens (tertiary/aromatic N) is 1. The topological polar surface area (TPSA) is 98.5 Å². The molecular formula is C10H16N2O5. The molecule has 96 valence electrons. The molecule has 0 aromatic heterocycles. The minimum absolute atomic E-state index is 0.162. The third-order valence-corrected chi connectivity index (χ3v) is 2.85. The lowest BCUT2D eigenvalue weighted by molar-refractivity contribution is -0.486. The average Bonchev–Trinajstić information content (AvgIpc) is 2.49. The number of carbonyl (C=O) groups is 2. The van der Waals surface area contributed by atoms with Crippen LogP contribution in [-0.2, 0) is 14.3 Å². The van der Waals surface area contributed by atoms with Gasteiger partial charge in [-0.05, 0) is 12.8 Å². The van der Waals surface area contributed by atoms with E-state index in [0.29, 0.717) is 12.8 Å². The Balaban J connectivity index is 2.76. The first-order valence-electron chi connectivity index (χ1n) is 5.53. The second-order valence-corrected chi connectivity index (χ2v) is 4.06. The lowest BCUT2D eigenvalue weighted by Crippen LogP contribution is -2.45. The van der Waals surface area contributed by atoms with E-state index in [1.54, 1.807) is 0 Å². The average molecular weight is 244 g/mol. The molecule has 7 nitrogen and oxygen atoms in total. The maximum absolute atomic E-state index is 11.5. The molecule has 0 spiro atoms. The molecule has 0 aromatic carbocycles. The molecule has 0 radical (unpaired) electrons. The monoisotopic (exact) mass is 244 g/mol. The molecule has 0 saturated carbocycles. The van der Waals surface area contributed by atoms with Crippen molar-refractivity contribution < 1.29 is 19.2 Å². The van der Waals surface area contributed by atoms with Crippen LogP contribution in [0.25, 0.3) is 0 Å². The molecule has 2 atom stereocenters. The molecule has 1 rings (SSSR count). The summed E-state index contributed by atoms with van der Waals surface area (Å²) in [5.41, 5.74) is 0. The normalized spacial score (nSPS) is 22.2. The molecule has 0 aromatic rings. The zero-order valence-corrected chi connectivity index (χ0v) is 9.68. The van der Waals surface area contributed by atoms with Crippen molar-refractivity contribution in [3.05, 3.63) is 10.1 Å². The Morgan fingerprint density at radius 3 is 2.94 bits per heavy atom. The number of hydrogen-bond acceptors (Lipinski definition) is 5. The first-order chi connectivity index (χ1) is 8.04. The fraction of sp³-hybridized carbons (Fsp3) is 0.800. The van der Waals surface area contributed by atoms with E-state index in [0.717, 1.165) is 12.8 Å². The maximum Gasteiger partial charge on any atom is 0.317 e. The SMILES string of the molecule is COC(=O)C(C[N+](=O)[O-])C1CCCCC(=O)N1. The summed E-state index contributed by atoms with van der Waals surface area (Å²) in [7, 11) is 1.19. The number of rotatable bonds is 4. The Hall–Kier alpha value is -1.66. The van der Waals surface area contributed by atoms with Gasteiger partial charge in [0.25, 0.3) is 0 Å². The second kappa shape index (κ2) is 6.17. The first kappa shape index (κ1) is 13.4. The van der Waals surface area contributed by atoms with E-state index in [-0.39, 0.29) is 5.91 Å². The van der Waals surface area contributed by atoms with Crippen LogP contribution < -0.4 is 5.32 Å². The number of ether oxygens (including phenoxy) is 1. The summed E-state index contributed by atoms with van der Waals surface area (Å²) in [5, 5.41) is 13.2. The quantitative estimate of drug-likeness (QED) is 0.430. The molecule has 1 amide bonds. The van der Waals surface area contributed by atoms with Gasteiger partial charge in [-0.1, -0.05) is 6.42 Å². The van der Waals surface area contributed by atoms with Gasteiger partial charge in [0, 0.05) is 17.4 Å². The predicted molar refractivity (Wildman–Crippen MR) is 57.8 cm³/mol. The number of carbonyl (C=O) groups excluding carboxylic acids is 2. The highest BCUT2D eigenvalue weighted by Gasteiger charge is 2.35. The fourth-order valence-electron chi connectivity index (χ4n) is 1.98. The van der Waals surface area contributed by atoms with Crippen LogP contribution >= 0.6 is 0 Å². The molecule has 2 unspecified atom stereocenters. The summed E-state index contributed by atoms with van der Waals surface area (Å²) >= 11 is 0. The van der Waals surface area contributed by atoms with Crippen molar-refractivity contribution in [2.45, 2.75) is 31.7 Å². The Bertz CT molecular complexity index is 318. The van der Waals surface area contributed by atoms with Crippen LogP contribution in [0.4, 0.5) is 0 Å². The van der Waals surface area contributed by atoms with Crippen LogP contribution in [0.15, 0.2) is 0 Å². The Kier molecular flexibility index (Phi) is 4.86. The van der Waals surface area contributed by atoms with Crippen LogP contribution in [0.1, 0.15) is 25.7 Å². The lowest BCUT2D eigenvalue weighted by atomic mass is 9.96. The standard InChI is InChI=1S/C10H16N2O5/c1-17-10(14)7(6-12(15)16)8-4-2-3-5-9(13)11-8/h7-8H,2-6H2,1H3,(H,11,13). The van der Waals surface area contributed by atoms with Gasteiger partial charge in [0.15, 0.2) is 0 Å². The van der Waals surface area contributed by atoms with Gasteiger partial charge in [-0.15, -0.1) is 0 Å². The van der Waals surface area contributed by atoms with Crippen LogP contribution in [0.3, 0.4) is 0 Å². The van der Waals surface area contributed by atoms with E-state index < -0.39 is 29.4 Å². The summed E-state index contributed by atoms with van der Waals surface area (Å²) in [6, 6.07) is -0.497. The molecule has 1 fully saturated rings. The summed E-state index contributed by atoms with van der Waals surface area (Å²) in [5.74, 6) is -1.71. The van der Waals surface area contributed by atoms with E-state index in [1.807, 2.05) is 0 Å². The Morgan fingerprint density at radius 2 is 2.35 bits per heavy atom. The molecule has 0 aliphatic carbocycles. The molecular weight excluding hydrogens is 228 g/mol. The molecule has 1 heterocycles. The number of nitro groups is 1. The van der Waals surface area contributed by atoms with Crippen LogP contribution in [0.5, 0.6) is 0 Å². The van der Waals surface area contributed by atoms with Crippen molar-refractivity contribution in [3.8, 4) is 0 Å². The zero-order valence-electron chi connectivity index (χ0n) is 9.68. The van der Waals surface area contributed by atoms with Gasteiger partial charge >= 0.3 is 5.97 Å². The number of nitrogens with one attached hydrogen (secondary N) is 1. The largest absolute Gasteiger partial charge is 0.469 e. The van der Waals surface area contributed by atoms with Crippen LogP contribution in [0.2, 0.25) is 0 Å². The number of hydrogen-bond donors (Lipinski definition) is 1. The van der Waals surface area contributed by atoms with Gasteiger partial charge in [-0.3, -0.25) is 19.7 Å². The Morgan fingerprint density at radius 1 is 1.65 bits per heavy atom. The van der Waals surface area contributed by atoms with E-state index >= 15 is 0 Å². The van der Waals surface area contributed by atoms with Gasteiger partial charge in [0.05, 0.1) is 7.11 Å². The number of esters is 1. The van der Waals surface area contributed by atoms with Crippen molar-refractivity contribution >= 4 is 11.9 Å². The van der Waals surface area contributed by atoms with E-state index in [4.69, 9.17) is 0 Å². The van der Waals surface area contributed by atoms with Crippen molar-refractivity contribution in [2.24, 2.45) is 5.92 Å². The highest BCUT2D eigenvalue weighted by atomic mass is 16.6. The molecule has 1 N–H and O–H groups in total. The van der Waals surface area contributed by atoms with Gasteiger partial charge in [0.2, 0.25) is 12.5 Å². The third-order valence-electron chi connectivity index (χ3n) is 2.85. The maximum atomic E-state index is 11.5. The minimum Gasteiger partial charge on any atom is -0.469 e. The molecule has 1 aliphatic heterocycles.